The highest BCUT2D eigenvalue weighted by Crippen LogP contribution is 2.43. The van der Waals surface area contributed by atoms with Gasteiger partial charge in [0.05, 0.1) is 23.5 Å². The molecule has 0 spiro atoms. The highest BCUT2D eigenvalue weighted by molar-refractivity contribution is 8.00. The summed E-state index contributed by atoms with van der Waals surface area (Å²) >= 11 is 1.52. The molecule has 3 rings (SSSR count). The van der Waals surface area contributed by atoms with Gasteiger partial charge in [-0.1, -0.05) is 6.07 Å². The first kappa shape index (κ1) is 18.9. The second-order valence-corrected chi connectivity index (χ2v) is 8.66. The van der Waals surface area contributed by atoms with Crippen LogP contribution < -0.4 is 0 Å². The van der Waals surface area contributed by atoms with E-state index in [-0.39, 0.29) is 23.4 Å². The molecule has 0 saturated carbocycles. The van der Waals surface area contributed by atoms with E-state index in [1.165, 1.54) is 23.9 Å². The first-order chi connectivity index (χ1) is 12.1. The average Bonchev–Trinajstić information content (AvgIpc) is 3.02. The van der Waals surface area contributed by atoms with Crippen LogP contribution in [0.4, 0.5) is 8.78 Å². The van der Waals surface area contributed by atoms with E-state index in [4.69, 9.17) is 0 Å². The summed E-state index contributed by atoms with van der Waals surface area (Å²) in [6.07, 6.45) is 0. The fourth-order valence-corrected chi connectivity index (χ4v) is 4.71. The van der Waals surface area contributed by atoms with E-state index in [1.54, 1.807) is 4.90 Å². The zero-order valence-corrected chi connectivity index (χ0v) is 16.5. The largest absolute Gasteiger partial charge is 0.321 e. The van der Waals surface area contributed by atoms with Crippen molar-refractivity contribution < 1.29 is 13.6 Å². The van der Waals surface area contributed by atoms with E-state index in [0.29, 0.717) is 11.3 Å². The Kier molecular flexibility index (Phi) is 4.86. The molecular weight excluding hydrogens is 356 g/mol. The molecule has 26 heavy (non-hydrogen) atoms. The van der Waals surface area contributed by atoms with Crippen molar-refractivity contribution in [3.05, 3.63) is 52.3 Å². The zero-order chi connectivity index (χ0) is 19.2. The summed E-state index contributed by atoms with van der Waals surface area (Å²) in [5.74, 6) is -0.964. The molecule has 2 heterocycles. The molecule has 4 nitrogen and oxygen atoms in total. The van der Waals surface area contributed by atoms with Crippen LogP contribution in [0.3, 0.4) is 0 Å². The number of aryl methyl sites for hydroxylation is 1. The number of amides is 1. The van der Waals surface area contributed by atoms with Crippen molar-refractivity contribution in [1.82, 2.24) is 14.7 Å². The van der Waals surface area contributed by atoms with Gasteiger partial charge in [0.1, 0.15) is 17.0 Å². The minimum Gasteiger partial charge on any atom is -0.321 e. The van der Waals surface area contributed by atoms with Crippen LogP contribution in [-0.2, 0) is 16.9 Å². The van der Waals surface area contributed by atoms with Crippen molar-refractivity contribution in [2.45, 2.75) is 52.1 Å². The van der Waals surface area contributed by atoms with Crippen LogP contribution in [0.1, 0.15) is 48.7 Å². The highest BCUT2D eigenvalue weighted by atomic mass is 32.2. The van der Waals surface area contributed by atoms with Gasteiger partial charge in [-0.05, 0) is 40.7 Å². The maximum absolute atomic E-state index is 14.1. The number of aromatic nitrogens is 2. The maximum Gasteiger partial charge on any atom is 0.234 e. The second-order valence-electron chi connectivity index (χ2n) is 7.59. The molecule has 1 atom stereocenters. The molecule has 0 N–H and O–H groups in total. The van der Waals surface area contributed by atoms with E-state index in [1.807, 2.05) is 18.5 Å². The molecule has 7 heteroatoms. The van der Waals surface area contributed by atoms with Crippen molar-refractivity contribution in [2.75, 3.05) is 5.75 Å². The molecule has 1 fully saturated rings. The number of hydrogen-bond acceptors (Lipinski definition) is 3. The Morgan fingerprint density at radius 3 is 2.54 bits per heavy atom. The van der Waals surface area contributed by atoms with E-state index < -0.39 is 11.6 Å². The monoisotopic (exact) mass is 379 g/mol. The molecule has 0 radical (unpaired) electrons. The fraction of sp³-hybridized carbons (Fsp3) is 0.474. The Balaban J connectivity index is 1.97. The summed E-state index contributed by atoms with van der Waals surface area (Å²) in [6, 6.07) is 3.47. The van der Waals surface area contributed by atoms with Crippen molar-refractivity contribution in [2.24, 2.45) is 0 Å². The molecule has 1 amide bonds. The van der Waals surface area contributed by atoms with Gasteiger partial charge in [0.15, 0.2) is 0 Å². The molecule has 0 aliphatic carbocycles. The van der Waals surface area contributed by atoms with Crippen molar-refractivity contribution in [3.63, 3.8) is 0 Å². The topological polar surface area (TPSA) is 38.1 Å². The lowest BCUT2D eigenvalue weighted by molar-refractivity contribution is -0.128. The number of hydrogen-bond donors (Lipinski definition) is 0. The molecule has 1 aliphatic heterocycles. The number of benzene rings is 1. The molecule has 1 aliphatic rings. The van der Waals surface area contributed by atoms with Crippen LogP contribution in [0, 0.1) is 25.5 Å². The molecule has 2 aromatic rings. The lowest BCUT2D eigenvalue weighted by atomic mass is 10.1. The number of thioether (sulfide) groups is 1. The molecule has 140 valence electrons. The molecule has 1 aromatic carbocycles. The normalized spacial score (nSPS) is 18.0. The Hall–Kier alpha value is -1.89. The number of carbonyl (C=O) groups is 1. The van der Waals surface area contributed by atoms with Gasteiger partial charge in [-0.25, -0.2) is 8.78 Å². The predicted molar refractivity (Wildman–Crippen MR) is 98.8 cm³/mol. The van der Waals surface area contributed by atoms with Crippen molar-refractivity contribution in [3.8, 4) is 0 Å². The van der Waals surface area contributed by atoms with Crippen LogP contribution in [0.5, 0.6) is 0 Å². The van der Waals surface area contributed by atoms with Crippen LogP contribution in [-0.4, -0.2) is 26.3 Å². The lowest BCUT2D eigenvalue weighted by Crippen LogP contribution is -2.29. The summed E-state index contributed by atoms with van der Waals surface area (Å²) in [7, 11) is 0. The first-order valence-corrected chi connectivity index (χ1v) is 9.56. The van der Waals surface area contributed by atoms with E-state index >= 15 is 0 Å². The van der Waals surface area contributed by atoms with Gasteiger partial charge in [0.2, 0.25) is 5.91 Å². The Labute approximate surface area is 156 Å². The quantitative estimate of drug-likeness (QED) is 0.798. The zero-order valence-electron chi connectivity index (χ0n) is 15.6. The van der Waals surface area contributed by atoms with E-state index in [9.17, 15) is 13.6 Å². The average molecular weight is 379 g/mol. The van der Waals surface area contributed by atoms with Gasteiger partial charge in [-0.3, -0.25) is 9.48 Å². The standard InChI is InChI=1S/C19H23F2N3OS/c1-11-17(12(2)24(22-11)19(3,4)5)18-23(16(25)10-26-18)9-13-6-7-14(20)8-15(13)21/h6-8,18H,9-10H2,1-5H3. The van der Waals surface area contributed by atoms with Gasteiger partial charge in [0.25, 0.3) is 0 Å². The summed E-state index contributed by atoms with van der Waals surface area (Å²) in [6.45, 7) is 10.3. The summed E-state index contributed by atoms with van der Waals surface area (Å²) < 4.78 is 29.2. The fourth-order valence-electron chi connectivity index (χ4n) is 3.36. The first-order valence-electron chi connectivity index (χ1n) is 8.51. The predicted octanol–water partition coefficient (Wildman–Crippen LogP) is 4.31. The summed E-state index contributed by atoms with van der Waals surface area (Å²) in [4.78, 5) is 14.1. The van der Waals surface area contributed by atoms with Gasteiger partial charge >= 0.3 is 0 Å². The van der Waals surface area contributed by atoms with Crippen LogP contribution >= 0.6 is 11.8 Å². The number of halogens is 2. The summed E-state index contributed by atoms with van der Waals surface area (Å²) in [5.41, 5.74) is 3.01. The van der Waals surface area contributed by atoms with E-state index in [0.717, 1.165) is 23.0 Å². The third-order valence-electron chi connectivity index (χ3n) is 4.55. The minimum absolute atomic E-state index is 0.0500. The SMILES string of the molecule is Cc1nn(C(C)(C)C)c(C)c1C1SCC(=O)N1Cc1ccc(F)cc1F. The minimum atomic E-state index is -0.632. The van der Waals surface area contributed by atoms with Crippen LogP contribution in [0.2, 0.25) is 0 Å². The van der Waals surface area contributed by atoms with Crippen LogP contribution in [0.15, 0.2) is 18.2 Å². The number of carbonyl (C=O) groups excluding carboxylic acids is 1. The van der Waals surface area contributed by atoms with Crippen LogP contribution in [0.25, 0.3) is 0 Å². The van der Waals surface area contributed by atoms with Crippen molar-refractivity contribution in [1.29, 1.82) is 0 Å². The number of nitrogens with zero attached hydrogens (tertiary/aromatic N) is 3. The van der Waals surface area contributed by atoms with Crippen molar-refractivity contribution >= 4 is 17.7 Å². The van der Waals surface area contributed by atoms with E-state index in [2.05, 4.69) is 25.9 Å². The van der Waals surface area contributed by atoms with Gasteiger partial charge in [-0.2, -0.15) is 5.10 Å². The van der Waals surface area contributed by atoms with Gasteiger partial charge in [0, 0.05) is 22.9 Å². The third kappa shape index (κ3) is 3.37. The molecule has 0 bridgehead atoms. The van der Waals surface area contributed by atoms with Gasteiger partial charge in [-0.15, -0.1) is 11.8 Å². The Morgan fingerprint density at radius 2 is 1.96 bits per heavy atom. The molecule has 1 saturated heterocycles. The molecule has 1 unspecified atom stereocenters. The third-order valence-corrected chi connectivity index (χ3v) is 5.77. The highest BCUT2D eigenvalue weighted by Gasteiger charge is 2.37. The Morgan fingerprint density at radius 1 is 1.27 bits per heavy atom. The molecular formula is C19H23F2N3OS. The number of rotatable bonds is 3. The smallest absolute Gasteiger partial charge is 0.234 e. The lowest BCUT2D eigenvalue weighted by Gasteiger charge is -2.26. The summed E-state index contributed by atoms with van der Waals surface area (Å²) in [5, 5.41) is 4.44. The second kappa shape index (κ2) is 6.68. The van der Waals surface area contributed by atoms with Gasteiger partial charge < -0.3 is 4.90 Å². The maximum atomic E-state index is 14.1. The Bertz CT molecular complexity index is 857. The molecule has 1 aromatic heterocycles.